The molecule has 0 aliphatic carbocycles. The fraction of sp³-hybridized carbons (Fsp3) is 0.382. The zero-order valence-electron chi connectivity index (χ0n) is 25.2. The lowest BCUT2D eigenvalue weighted by molar-refractivity contribution is -0.155. The molecule has 0 radical (unpaired) electrons. The van der Waals surface area contributed by atoms with Crippen LogP contribution < -0.4 is 0 Å². The van der Waals surface area contributed by atoms with E-state index in [0.717, 1.165) is 0 Å². The average Bonchev–Trinajstić information content (AvgIpc) is 3.31. The predicted molar refractivity (Wildman–Crippen MR) is 172 cm³/mol. The molecule has 5 rings (SSSR count). The van der Waals surface area contributed by atoms with E-state index >= 15 is 4.39 Å². The van der Waals surface area contributed by atoms with E-state index in [1.807, 2.05) is 6.26 Å². The highest BCUT2D eigenvalue weighted by Gasteiger charge is 2.58. The number of rotatable bonds is 11. The van der Waals surface area contributed by atoms with Crippen LogP contribution in [0.3, 0.4) is 0 Å². The number of benzene rings is 3. The Morgan fingerprint density at radius 1 is 1.07 bits per heavy atom. The minimum absolute atomic E-state index is 0.0240. The van der Waals surface area contributed by atoms with Crippen molar-refractivity contribution in [2.45, 2.75) is 31.5 Å². The number of carbonyl (C=O) groups is 3. The molecule has 1 fully saturated rings. The summed E-state index contributed by atoms with van der Waals surface area (Å²) in [5.41, 5.74) is -0.844. The maximum absolute atomic E-state index is 16.6. The van der Waals surface area contributed by atoms with Crippen LogP contribution in [0.1, 0.15) is 63.2 Å². The molecule has 0 bridgehead atoms. The molecule has 3 aromatic carbocycles. The molecule has 11 heteroatoms. The number of hydrogen-bond donors (Lipinski definition) is 0. The summed E-state index contributed by atoms with van der Waals surface area (Å²) >= 11 is 14.0. The monoisotopic (exact) mass is 673 g/mol. The number of amides is 1. The van der Waals surface area contributed by atoms with Gasteiger partial charge in [0.1, 0.15) is 12.4 Å². The number of thioether (sulfide) groups is 1. The average molecular weight is 675 g/mol. The molecule has 2 heterocycles. The van der Waals surface area contributed by atoms with E-state index in [4.69, 9.17) is 37.4 Å². The molecule has 0 aromatic heterocycles. The molecular formula is C34H34Cl2FNO6S. The first-order valence-corrected chi connectivity index (χ1v) is 16.8. The molecule has 45 heavy (non-hydrogen) atoms. The van der Waals surface area contributed by atoms with Gasteiger partial charge in [-0.2, -0.15) is 11.8 Å². The van der Waals surface area contributed by atoms with Gasteiger partial charge >= 0.3 is 5.97 Å². The Labute approximate surface area is 276 Å². The Morgan fingerprint density at radius 3 is 2.29 bits per heavy atom. The van der Waals surface area contributed by atoms with Crippen molar-refractivity contribution in [3.05, 3.63) is 104 Å². The van der Waals surface area contributed by atoms with Gasteiger partial charge in [-0.1, -0.05) is 47.5 Å². The summed E-state index contributed by atoms with van der Waals surface area (Å²) in [6, 6.07) is 14.9. The number of methoxy groups -OCH3 is 1. The third-order valence-corrected chi connectivity index (χ3v) is 9.57. The molecule has 0 spiro atoms. The number of halogens is 3. The maximum atomic E-state index is 16.6. The smallest absolute Gasteiger partial charge is 0.311 e. The van der Waals surface area contributed by atoms with E-state index in [-0.39, 0.29) is 35.0 Å². The van der Waals surface area contributed by atoms with E-state index in [0.29, 0.717) is 53.0 Å². The summed E-state index contributed by atoms with van der Waals surface area (Å²) in [5, 5.41) is 0.890. The quantitative estimate of drug-likeness (QED) is 0.120. The molecule has 7 nitrogen and oxygen atoms in total. The third-order valence-electron chi connectivity index (χ3n) is 8.49. The van der Waals surface area contributed by atoms with Crippen LogP contribution in [-0.2, 0) is 24.7 Å². The second-order valence-electron chi connectivity index (χ2n) is 11.1. The first-order chi connectivity index (χ1) is 21.6. The van der Waals surface area contributed by atoms with E-state index in [1.165, 1.54) is 35.9 Å². The van der Waals surface area contributed by atoms with E-state index < -0.39 is 35.4 Å². The number of Topliss-reactive ketones (excluding diaryl/α,β-unsaturated/α-hetero) is 1. The molecule has 2 aliphatic rings. The van der Waals surface area contributed by atoms with Gasteiger partial charge in [0, 0.05) is 53.2 Å². The zero-order valence-corrected chi connectivity index (χ0v) is 27.5. The lowest BCUT2D eigenvalue weighted by Gasteiger charge is -2.44. The molecule has 1 amide bonds. The van der Waals surface area contributed by atoms with Crippen molar-refractivity contribution in [2.75, 3.05) is 38.9 Å². The SMILES string of the molecule is CO[C@]1(c2ccc(Cl)cc2)c2c(F)cc(C(=O)C3CCOCC3)cc2C(=O)N1[C@H](c1ccc(Cl)cc1)[C@H](C)C(=O)OCCSC. The number of nitrogens with zero attached hydrogens (tertiary/aromatic N) is 1. The van der Waals surface area contributed by atoms with Gasteiger partial charge in [-0.3, -0.25) is 19.3 Å². The topological polar surface area (TPSA) is 82.1 Å². The van der Waals surface area contributed by atoms with Crippen molar-refractivity contribution in [1.29, 1.82) is 0 Å². The minimum Gasteiger partial charge on any atom is -0.465 e. The molecule has 1 saturated heterocycles. The van der Waals surface area contributed by atoms with Gasteiger partial charge in [-0.05, 0) is 68.0 Å². The standard InChI is InChI=1S/C34H34Cl2FNO6S/c1-20(33(41)44-16-17-45-3)30(21-4-8-25(35)9-5-21)38-32(40)27-18-23(31(39)22-12-14-43-15-13-22)19-28(37)29(27)34(38,42-2)24-6-10-26(36)11-7-24/h4-11,18-20,22,30H,12-17H2,1-3H3/t20-,30-,34+/m0/s1. The summed E-state index contributed by atoms with van der Waals surface area (Å²) in [6.45, 7) is 2.72. The number of ketones is 1. The highest BCUT2D eigenvalue weighted by atomic mass is 35.5. The van der Waals surface area contributed by atoms with Crippen molar-refractivity contribution in [2.24, 2.45) is 11.8 Å². The normalized spacial score (nSPS) is 19.7. The molecule has 2 aliphatic heterocycles. The third kappa shape index (κ3) is 6.38. The van der Waals surface area contributed by atoms with Crippen LogP contribution >= 0.6 is 35.0 Å². The lowest BCUT2D eigenvalue weighted by atomic mass is 9.86. The first-order valence-electron chi connectivity index (χ1n) is 14.7. The zero-order chi connectivity index (χ0) is 32.3. The van der Waals surface area contributed by atoms with Crippen LogP contribution in [0, 0.1) is 17.7 Å². The Balaban J connectivity index is 1.72. The van der Waals surface area contributed by atoms with Crippen molar-refractivity contribution < 1.29 is 33.0 Å². The summed E-state index contributed by atoms with van der Waals surface area (Å²) in [5.74, 6) is -2.83. The first kappa shape index (κ1) is 33.4. The minimum atomic E-state index is -1.83. The number of fused-ring (bicyclic) bond motifs is 1. The largest absolute Gasteiger partial charge is 0.465 e. The van der Waals surface area contributed by atoms with E-state index in [9.17, 15) is 14.4 Å². The maximum Gasteiger partial charge on any atom is 0.311 e. The van der Waals surface area contributed by atoms with Gasteiger partial charge in [0.2, 0.25) is 0 Å². The molecule has 3 atom stereocenters. The summed E-state index contributed by atoms with van der Waals surface area (Å²) in [4.78, 5) is 43.1. The van der Waals surface area contributed by atoms with Crippen LogP contribution in [0.2, 0.25) is 10.0 Å². The van der Waals surface area contributed by atoms with Gasteiger partial charge in [-0.25, -0.2) is 4.39 Å². The lowest BCUT2D eigenvalue weighted by Crippen LogP contribution is -2.51. The summed E-state index contributed by atoms with van der Waals surface area (Å²) in [7, 11) is 1.38. The number of hydrogen-bond acceptors (Lipinski definition) is 7. The van der Waals surface area contributed by atoms with Gasteiger partial charge in [0.05, 0.1) is 23.1 Å². The molecule has 0 saturated carbocycles. The second kappa shape index (κ2) is 14.2. The van der Waals surface area contributed by atoms with Crippen LogP contribution in [0.25, 0.3) is 0 Å². The molecule has 238 valence electrons. The van der Waals surface area contributed by atoms with Crippen molar-refractivity contribution in [3.63, 3.8) is 0 Å². The van der Waals surface area contributed by atoms with Crippen LogP contribution in [0.5, 0.6) is 0 Å². The van der Waals surface area contributed by atoms with Gasteiger partial charge in [0.15, 0.2) is 11.5 Å². The Morgan fingerprint density at radius 2 is 1.69 bits per heavy atom. The number of ether oxygens (including phenoxy) is 3. The van der Waals surface area contributed by atoms with Crippen molar-refractivity contribution in [3.8, 4) is 0 Å². The van der Waals surface area contributed by atoms with Gasteiger partial charge < -0.3 is 14.2 Å². The summed E-state index contributed by atoms with van der Waals surface area (Å²) in [6.07, 6.45) is 2.93. The fourth-order valence-electron chi connectivity index (χ4n) is 6.26. The van der Waals surface area contributed by atoms with E-state index in [1.54, 1.807) is 55.5 Å². The highest BCUT2D eigenvalue weighted by molar-refractivity contribution is 7.98. The molecule has 0 N–H and O–H groups in total. The van der Waals surface area contributed by atoms with E-state index in [2.05, 4.69) is 0 Å². The molecular weight excluding hydrogens is 640 g/mol. The molecule has 3 aromatic rings. The Bertz CT molecular complexity index is 1560. The predicted octanol–water partition coefficient (Wildman–Crippen LogP) is 7.33. The number of carbonyl (C=O) groups excluding carboxylic acids is 3. The van der Waals surface area contributed by atoms with Crippen LogP contribution in [-0.4, -0.2) is 61.5 Å². The van der Waals surface area contributed by atoms with Gasteiger partial charge in [-0.15, -0.1) is 0 Å². The second-order valence-corrected chi connectivity index (χ2v) is 13.0. The van der Waals surface area contributed by atoms with Crippen LogP contribution in [0.15, 0.2) is 60.7 Å². The summed E-state index contributed by atoms with van der Waals surface area (Å²) < 4.78 is 33.8. The molecule has 0 unspecified atom stereocenters. The fourth-order valence-corrected chi connectivity index (χ4v) is 6.76. The van der Waals surface area contributed by atoms with Crippen LogP contribution in [0.4, 0.5) is 4.39 Å². The number of esters is 1. The van der Waals surface area contributed by atoms with Crippen molar-refractivity contribution >= 4 is 52.6 Å². The van der Waals surface area contributed by atoms with Gasteiger partial charge in [0.25, 0.3) is 5.91 Å². The Hall–Kier alpha value is -2.95. The van der Waals surface area contributed by atoms with Crippen molar-refractivity contribution in [1.82, 2.24) is 4.90 Å². The highest BCUT2D eigenvalue weighted by Crippen LogP contribution is 2.52. The Kier molecular flexibility index (Phi) is 10.6.